The van der Waals surface area contributed by atoms with Gasteiger partial charge >= 0.3 is 5.97 Å². The zero-order valence-electron chi connectivity index (χ0n) is 7.69. The van der Waals surface area contributed by atoms with Gasteiger partial charge in [0.1, 0.15) is 0 Å². The molecule has 0 radical (unpaired) electrons. The van der Waals surface area contributed by atoms with Crippen LogP contribution < -0.4 is 0 Å². The van der Waals surface area contributed by atoms with Crippen molar-refractivity contribution in [1.29, 1.82) is 0 Å². The van der Waals surface area contributed by atoms with E-state index in [-0.39, 0.29) is 6.08 Å². The van der Waals surface area contributed by atoms with E-state index in [1.54, 1.807) is 0 Å². The molecule has 0 unspecified atom stereocenters. The van der Waals surface area contributed by atoms with Crippen LogP contribution in [0, 0.1) is 0 Å². The molecule has 0 fully saturated rings. The minimum atomic E-state index is -3.70. The van der Waals surface area contributed by atoms with Gasteiger partial charge in [-0.15, -0.1) is 0 Å². The lowest BCUT2D eigenvalue weighted by Crippen LogP contribution is -2.60. The molecule has 0 bridgehead atoms. The van der Waals surface area contributed by atoms with Gasteiger partial charge in [-0.05, 0) is 13.0 Å². The normalized spacial score (nSPS) is 14.5. The molecule has 0 amide bonds. The van der Waals surface area contributed by atoms with E-state index in [4.69, 9.17) is 35.7 Å². The fraction of sp³-hybridized carbons (Fsp3) is 0.571. The third-order valence-electron chi connectivity index (χ3n) is 1.66. The first-order valence-electron chi connectivity index (χ1n) is 3.70. The Hall–Kier alpha value is -1.03. The van der Waals surface area contributed by atoms with Gasteiger partial charge in [-0.25, -0.2) is 4.79 Å². The molecule has 0 aliphatic rings. The summed E-state index contributed by atoms with van der Waals surface area (Å²) in [6.45, 7) is 0.948. The highest BCUT2D eigenvalue weighted by Crippen LogP contribution is 2.22. The van der Waals surface area contributed by atoms with Crippen LogP contribution >= 0.6 is 0 Å². The van der Waals surface area contributed by atoms with Crippen molar-refractivity contribution in [2.75, 3.05) is 0 Å². The van der Waals surface area contributed by atoms with Crippen molar-refractivity contribution in [3.63, 3.8) is 0 Å². The molecule has 0 heterocycles. The average molecular weight is 224 g/mol. The molecule has 0 saturated heterocycles. The summed E-state index contributed by atoms with van der Waals surface area (Å²) in [6, 6.07) is 0. The molecule has 0 rings (SSSR count). The number of aliphatic hydroxyl groups excluding tert-OH is 1. The number of aliphatic hydroxyl groups is 6. The van der Waals surface area contributed by atoms with E-state index in [2.05, 4.69) is 0 Å². The van der Waals surface area contributed by atoms with Crippen LogP contribution in [-0.4, -0.2) is 59.6 Å². The van der Waals surface area contributed by atoms with Gasteiger partial charge in [0.05, 0.1) is 0 Å². The number of hydrogen-bond acceptors (Lipinski definition) is 7. The second kappa shape index (κ2) is 4.23. The molecule has 0 aromatic heterocycles. The zero-order chi connectivity index (χ0) is 12.4. The molecule has 8 heteroatoms. The predicted octanol–water partition coefficient (Wildman–Crippen LogP) is -3.31. The van der Waals surface area contributed by atoms with Gasteiger partial charge in [0.25, 0.3) is 5.79 Å². The summed E-state index contributed by atoms with van der Waals surface area (Å²) >= 11 is 0. The van der Waals surface area contributed by atoms with Gasteiger partial charge in [-0.3, -0.25) is 0 Å². The van der Waals surface area contributed by atoms with Crippen molar-refractivity contribution >= 4 is 5.97 Å². The van der Waals surface area contributed by atoms with Crippen LogP contribution in [0.5, 0.6) is 0 Å². The molecule has 0 aromatic carbocycles. The first-order valence-corrected chi connectivity index (χ1v) is 3.70. The molecular formula is C7H12O8. The second-order valence-corrected chi connectivity index (χ2v) is 2.96. The molecular weight excluding hydrogens is 212 g/mol. The van der Waals surface area contributed by atoms with E-state index in [9.17, 15) is 4.79 Å². The standard InChI is InChI=1S/C7H12O8/c1-3(4(8)9)2-6(12,13)7(14,15)5(10)11/h2,5,10-15H,1H3,(H,8,9). The highest BCUT2D eigenvalue weighted by Gasteiger charge is 2.51. The van der Waals surface area contributed by atoms with Crippen molar-refractivity contribution in [2.24, 2.45) is 0 Å². The lowest BCUT2D eigenvalue weighted by atomic mass is 10.0. The van der Waals surface area contributed by atoms with Crippen LogP contribution in [0.25, 0.3) is 0 Å². The molecule has 7 N–H and O–H groups in total. The smallest absolute Gasteiger partial charge is 0.331 e. The van der Waals surface area contributed by atoms with Crippen LogP contribution in [0.4, 0.5) is 0 Å². The molecule has 0 aliphatic carbocycles. The number of aliphatic carboxylic acids is 1. The summed E-state index contributed by atoms with van der Waals surface area (Å²) in [5.74, 6) is -8.75. The molecule has 0 aliphatic heterocycles. The van der Waals surface area contributed by atoms with Crippen molar-refractivity contribution < 1.29 is 40.5 Å². The minimum absolute atomic E-state index is 0.161. The Morgan fingerprint density at radius 2 is 1.60 bits per heavy atom. The Balaban J connectivity index is 5.15. The maximum absolute atomic E-state index is 10.3. The number of rotatable bonds is 4. The molecule has 0 spiro atoms. The molecule has 0 aromatic rings. The van der Waals surface area contributed by atoms with Crippen LogP contribution in [0.1, 0.15) is 6.92 Å². The Kier molecular flexibility index (Phi) is 3.94. The average Bonchev–Trinajstić information content (AvgIpc) is 2.02. The lowest BCUT2D eigenvalue weighted by molar-refractivity contribution is -0.396. The Morgan fingerprint density at radius 1 is 1.20 bits per heavy atom. The maximum Gasteiger partial charge on any atom is 0.331 e. The Morgan fingerprint density at radius 3 is 1.87 bits per heavy atom. The van der Waals surface area contributed by atoms with Crippen molar-refractivity contribution in [3.05, 3.63) is 11.6 Å². The first-order chi connectivity index (χ1) is 6.52. The van der Waals surface area contributed by atoms with E-state index in [1.165, 1.54) is 0 Å². The number of carboxylic acid groups (broad SMARTS) is 1. The monoisotopic (exact) mass is 224 g/mol. The van der Waals surface area contributed by atoms with Gasteiger partial charge in [0, 0.05) is 5.57 Å². The Bertz CT molecular complexity index is 277. The number of carbonyl (C=O) groups is 1. The minimum Gasteiger partial charge on any atom is -0.478 e. The fourth-order valence-corrected chi connectivity index (χ4v) is 0.660. The van der Waals surface area contributed by atoms with E-state index in [1.807, 2.05) is 0 Å². The van der Waals surface area contributed by atoms with Crippen LogP contribution in [0.2, 0.25) is 0 Å². The quantitative estimate of drug-likeness (QED) is 0.193. The highest BCUT2D eigenvalue weighted by atomic mass is 16.6. The number of hydrogen-bond donors (Lipinski definition) is 7. The number of carboxylic acids is 1. The van der Waals surface area contributed by atoms with E-state index >= 15 is 0 Å². The third kappa shape index (κ3) is 2.96. The summed E-state index contributed by atoms with van der Waals surface area (Å²) in [5.41, 5.74) is -0.617. The third-order valence-corrected chi connectivity index (χ3v) is 1.66. The highest BCUT2D eigenvalue weighted by molar-refractivity contribution is 5.85. The largest absolute Gasteiger partial charge is 0.478 e. The lowest BCUT2D eigenvalue weighted by Gasteiger charge is -2.33. The van der Waals surface area contributed by atoms with Crippen LogP contribution in [0.15, 0.2) is 11.6 Å². The molecule has 8 nitrogen and oxygen atoms in total. The van der Waals surface area contributed by atoms with Crippen molar-refractivity contribution in [1.82, 2.24) is 0 Å². The van der Waals surface area contributed by atoms with E-state index < -0.39 is 29.4 Å². The summed E-state index contributed by atoms with van der Waals surface area (Å²) in [5, 5.41) is 61.0. The van der Waals surface area contributed by atoms with Gasteiger partial charge in [-0.1, -0.05) is 0 Å². The molecule has 0 atom stereocenters. The molecule has 88 valence electrons. The van der Waals surface area contributed by atoms with Gasteiger partial charge in [0.2, 0.25) is 12.1 Å². The van der Waals surface area contributed by atoms with Crippen molar-refractivity contribution in [3.8, 4) is 0 Å². The van der Waals surface area contributed by atoms with Gasteiger partial charge in [0.15, 0.2) is 0 Å². The van der Waals surface area contributed by atoms with E-state index in [0.29, 0.717) is 0 Å². The van der Waals surface area contributed by atoms with Crippen LogP contribution in [-0.2, 0) is 4.79 Å². The zero-order valence-corrected chi connectivity index (χ0v) is 7.69. The summed E-state index contributed by atoms with van der Waals surface area (Å²) < 4.78 is 0. The van der Waals surface area contributed by atoms with Gasteiger partial charge < -0.3 is 35.7 Å². The summed E-state index contributed by atoms with van der Waals surface area (Å²) in [7, 11) is 0. The molecule has 15 heavy (non-hydrogen) atoms. The van der Waals surface area contributed by atoms with E-state index in [0.717, 1.165) is 6.92 Å². The molecule has 0 saturated carbocycles. The topological polar surface area (TPSA) is 159 Å². The first kappa shape index (κ1) is 14.0. The SMILES string of the molecule is CC(=CC(O)(O)C(O)(O)C(O)O)C(=O)O. The second-order valence-electron chi connectivity index (χ2n) is 2.96. The van der Waals surface area contributed by atoms with Gasteiger partial charge in [-0.2, -0.15) is 0 Å². The Labute approximate surface area is 84.0 Å². The van der Waals surface area contributed by atoms with Crippen molar-refractivity contribution in [2.45, 2.75) is 24.8 Å². The predicted molar refractivity (Wildman–Crippen MR) is 44.0 cm³/mol. The summed E-state index contributed by atoms with van der Waals surface area (Å²) in [6.07, 6.45) is -2.72. The van der Waals surface area contributed by atoms with Crippen LogP contribution in [0.3, 0.4) is 0 Å². The maximum atomic E-state index is 10.3. The fourth-order valence-electron chi connectivity index (χ4n) is 0.660. The summed E-state index contributed by atoms with van der Waals surface area (Å²) in [4.78, 5) is 10.3.